The smallest absolute Gasteiger partial charge is 0.414 e. The number of benzene rings is 3. The first-order chi connectivity index (χ1) is 18.0. The molecule has 37 heavy (non-hydrogen) atoms. The minimum atomic E-state index is -0.652. The van der Waals surface area contributed by atoms with E-state index in [1.165, 1.54) is 11.0 Å². The topological polar surface area (TPSA) is 123 Å². The summed E-state index contributed by atoms with van der Waals surface area (Å²) < 4.78 is 20.4. The average Bonchev–Trinajstić information content (AvgIpc) is 3.65. The van der Waals surface area contributed by atoms with Crippen molar-refractivity contribution in [2.45, 2.75) is 12.6 Å². The van der Waals surface area contributed by atoms with Crippen molar-refractivity contribution in [2.75, 3.05) is 18.1 Å². The number of hydrogen-bond acceptors (Lipinski definition) is 5. The predicted molar refractivity (Wildman–Crippen MR) is 136 cm³/mol. The number of aliphatic hydroxyl groups is 1. The third-order valence-corrected chi connectivity index (χ3v) is 6.53. The van der Waals surface area contributed by atoms with Gasteiger partial charge in [0, 0.05) is 34.8 Å². The van der Waals surface area contributed by atoms with E-state index in [1.54, 1.807) is 30.5 Å². The zero-order valence-corrected chi connectivity index (χ0v) is 19.5. The molecule has 2 aromatic heterocycles. The van der Waals surface area contributed by atoms with Crippen LogP contribution in [0, 0.1) is 5.82 Å². The van der Waals surface area contributed by atoms with E-state index in [0.717, 1.165) is 16.5 Å². The summed E-state index contributed by atoms with van der Waals surface area (Å²) in [7, 11) is 0. The molecule has 186 valence electrons. The minimum absolute atomic E-state index is 0.131. The summed E-state index contributed by atoms with van der Waals surface area (Å²) in [6.07, 6.45) is 2.15. The van der Waals surface area contributed by atoms with Gasteiger partial charge in [0.2, 0.25) is 0 Å². The van der Waals surface area contributed by atoms with Crippen LogP contribution in [0.25, 0.3) is 32.9 Å². The molecule has 1 atom stereocenters. The number of hydrogen-bond donors (Lipinski definition) is 4. The second kappa shape index (κ2) is 9.07. The normalized spacial score (nSPS) is 15.5. The van der Waals surface area contributed by atoms with Crippen molar-refractivity contribution in [1.82, 2.24) is 20.5 Å². The highest BCUT2D eigenvalue weighted by molar-refractivity contribution is 6.03. The summed E-state index contributed by atoms with van der Waals surface area (Å²) >= 11 is 0. The Labute approximate surface area is 209 Å². The van der Waals surface area contributed by atoms with Gasteiger partial charge in [-0.15, -0.1) is 0 Å². The molecule has 5 aromatic rings. The predicted octanol–water partition coefficient (Wildman–Crippen LogP) is 4.10. The molecule has 0 spiro atoms. The number of carbonyl (C=O) groups is 2. The maximum absolute atomic E-state index is 15.4. The molecule has 0 bridgehead atoms. The number of rotatable bonds is 6. The van der Waals surface area contributed by atoms with Crippen LogP contribution in [0.15, 0.2) is 67.0 Å². The Morgan fingerprint density at radius 3 is 2.84 bits per heavy atom. The highest BCUT2D eigenvalue weighted by atomic mass is 19.1. The summed E-state index contributed by atoms with van der Waals surface area (Å²) in [4.78, 5) is 29.6. The van der Waals surface area contributed by atoms with Gasteiger partial charge in [-0.2, -0.15) is 5.10 Å². The number of nitrogens with one attached hydrogen (secondary N) is 3. The molecule has 1 aliphatic rings. The number of aromatic amines is 2. The van der Waals surface area contributed by atoms with Gasteiger partial charge in [-0.3, -0.25) is 14.8 Å². The number of H-pyrrole nitrogens is 2. The van der Waals surface area contributed by atoms with Crippen LogP contribution in [0.4, 0.5) is 14.9 Å². The highest BCUT2D eigenvalue weighted by Gasteiger charge is 2.32. The molecule has 4 N–H and O–H groups in total. The van der Waals surface area contributed by atoms with E-state index in [1.807, 2.05) is 30.5 Å². The number of aromatic nitrogens is 3. The van der Waals surface area contributed by atoms with Crippen LogP contribution in [0.3, 0.4) is 0 Å². The third-order valence-electron chi connectivity index (χ3n) is 6.53. The van der Waals surface area contributed by atoms with Gasteiger partial charge in [0.05, 0.1) is 30.6 Å². The van der Waals surface area contributed by atoms with E-state index >= 15 is 4.39 Å². The number of halogens is 1. The highest BCUT2D eigenvalue weighted by Crippen LogP contribution is 2.34. The summed E-state index contributed by atoms with van der Waals surface area (Å²) in [6, 6.07) is 15.6. The van der Waals surface area contributed by atoms with Gasteiger partial charge >= 0.3 is 6.09 Å². The number of aliphatic hydroxyl groups excluding tert-OH is 1. The third kappa shape index (κ3) is 4.17. The SMILES string of the molecule is O=C(NCc1ccc2cc[nH]c2c1)c1cc(-c2ccc(N3C[C@H](CO)OC3=O)cc2F)c2cn[nH]c2c1. The van der Waals surface area contributed by atoms with Crippen molar-refractivity contribution in [3.8, 4) is 11.1 Å². The van der Waals surface area contributed by atoms with Crippen LogP contribution in [0.5, 0.6) is 0 Å². The van der Waals surface area contributed by atoms with Gasteiger partial charge in [0.15, 0.2) is 0 Å². The van der Waals surface area contributed by atoms with Crippen LogP contribution < -0.4 is 10.2 Å². The number of anilines is 1. The molecule has 1 saturated heterocycles. The van der Waals surface area contributed by atoms with E-state index in [9.17, 15) is 14.7 Å². The molecule has 6 rings (SSSR count). The van der Waals surface area contributed by atoms with Crippen molar-refractivity contribution in [3.05, 3.63) is 83.9 Å². The molecule has 1 aliphatic heterocycles. The summed E-state index contributed by atoms with van der Waals surface area (Å²) in [6.45, 7) is 0.150. The Kier molecular flexibility index (Phi) is 5.57. The molecular weight excluding hydrogens is 477 g/mol. The summed E-state index contributed by atoms with van der Waals surface area (Å²) in [5, 5.41) is 20.9. The van der Waals surface area contributed by atoms with E-state index < -0.39 is 18.0 Å². The van der Waals surface area contributed by atoms with Crippen molar-refractivity contribution in [2.24, 2.45) is 0 Å². The average molecular weight is 500 g/mol. The Bertz CT molecular complexity index is 1660. The Balaban J connectivity index is 1.28. The van der Waals surface area contributed by atoms with Crippen LogP contribution in [-0.2, 0) is 11.3 Å². The fourth-order valence-corrected chi connectivity index (χ4v) is 4.61. The minimum Gasteiger partial charge on any atom is -0.441 e. The van der Waals surface area contributed by atoms with Crippen LogP contribution in [-0.4, -0.2) is 51.5 Å². The maximum atomic E-state index is 15.4. The molecule has 10 heteroatoms. The lowest BCUT2D eigenvalue weighted by molar-refractivity contribution is 0.0949. The first kappa shape index (κ1) is 22.7. The lowest BCUT2D eigenvalue weighted by Crippen LogP contribution is -2.25. The molecule has 3 aromatic carbocycles. The van der Waals surface area contributed by atoms with Crippen LogP contribution >= 0.6 is 0 Å². The molecule has 9 nitrogen and oxygen atoms in total. The van der Waals surface area contributed by atoms with Crippen LogP contribution in [0.2, 0.25) is 0 Å². The van der Waals surface area contributed by atoms with E-state index in [0.29, 0.717) is 34.3 Å². The van der Waals surface area contributed by atoms with Crippen molar-refractivity contribution in [3.63, 3.8) is 0 Å². The summed E-state index contributed by atoms with van der Waals surface area (Å²) in [5.41, 5.74) is 3.94. The quantitative estimate of drug-likeness (QED) is 0.280. The fourth-order valence-electron chi connectivity index (χ4n) is 4.61. The van der Waals surface area contributed by atoms with Crippen molar-refractivity contribution < 1.29 is 23.8 Å². The van der Waals surface area contributed by atoms with E-state index in [4.69, 9.17) is 4.74 Å². The number of cyclic esters (lactones) is 1. The van der Waals surface area contributed by atoms with Gasteiger partial charge < -0.3 is 20.1 Å². The molecular formula is C27H22FN5O4. The molecule has 0 radical (unpaired) electrons. The molecule has 0 unspecified atom stereocenters. The van der Waals surface area contributed by atoms with E-state index in [2.05, 4.69) is 20.5 Å². The van der Waals surface area contributed by atoms with Gasteiger partial charge in [-0.05, 0) is 59.0 Å². The lowest BCUT2D eigenvalue weighted by atomic mass is 9.98. The first-order valence-corrected chi connectivity index (χ1v) is 11.7. The first-order valence-electron chi connectivity index (χ1n) is 11.7. The number of carbonyl (C=O) groups excluding carboxylic acids is 2. The zero-order chi connectivity index (χ0) is 25.5. The van der Waals surface area contributed by atoms with Gasteiger partial charge in [0.25, 0.3) is 5.91 Å². The number of fused-ring (bicyclic) bond motifs is 2. The standard InChI is InChI=1S/C27H22FN5O4/c28-23-10-18(33-13-19(14-34)37-27(33)36)3-4-20(23)21-8-17(9-25-22(21)12-31-32-25)26(35)30-11-15-1-2-16-5-6-29-24(16)7-15/h1-10,12,19,29,34H,11,13-14H2,(H,30,35)(H,31,32)/t19-/m1/s1. The van der Waals surface area contributed by atoms with Gasteiger partial charge in [-0.25, -0.2) is 9.18 Å². The van der Waals surface area contributed by atoms with Crippen molar-refractivity contribution in [1.29, 1.82) is 0 Å². The van der Waals surface area contributed by atoms with Gasteiger partial charge in [-0.1, -0.05) is 12.1 Å². The largest absolute Gasteiger partial charge is 0.441 e. The maximum Gasteiger partial charge on any atom is 0.414 e. The number of amides is 2. The van der Waals surface area contributed by atoms with E-state index in [-0.39, 0.29) is 24.6 Å². The Hall–Kier alpha value is -4.70. The Morgan fingerprint density at radius 2 is 2.03 bits per heavy atom. The number of ether oxygens (including phenoxy) is 1. The monoisotopic (exact) mass is 499 g/mol. The van der Waals surface area contributed by atoms with Crippen LogP contribution in [0.1, 0.15) is 15.9 Å². The lowest BCUT2D eigenvalue weighted by Gasteiger charge is -2.15. The van der Waals surface area contributed by atoms with Crippen molar-refractivity contribution >= 4 is 39.5 Å². The molecule has 0 aliphatic carbocycles. The molecule has 0 saturated carbocycles. The second-order valence-electron chi connectivity index (χ2n) is 8.90. The Morgan fingerprint density at radius 1 is 1.14 bits per heavy atom. The fraction of sp³-hybridized carbons (Fsp3) is 0.148. The molecule has 1 fully saturated rings. The second-order valence-corrected chi connectivity index (χ2v) is 8.90. The zero-order valence-electron chi connectivity index (χ0n) is 19.5. The molecule has 3 heterocycles. The van der Waals surface area contributed by atoms with Gasteiger partial charge in [0.1, 0.15) is 11.9 Å². The number of nitrogens with zero attached hydrogens (tertiary/aromatic N) is 2. The summed E-state index contributed by atoms with van der Waals surface area (Å²) in [5.74, 6) is -0.881. The molecule has 2 amide bonds.